The van der Waals surface area contributed by atoms with Gasteiger partial charge in [-0.05, 0) is 25.0 Å². The number of hydrogen-bond acceptors (Lipinski definition) is 2. The van der Waals surface area contributed by atoms with Crippen LogP contribution in [-0.2, 0) is 0 Å². The molecule has 0 aliphatic heterocycles. The Morgan fingerprint density at radius 2 is 2.06 bits per heavy atom. The van der Waals surface area contributed by atoms with E-state index in [1.807, 2.05) is 13.0 Å². The molecular weight excluding hydrogens is 229 g/mol. The molecule has 18 heavy (non-hydrogen) atoms. The van der Waals surface area contributed by atoms with Crippen molar-refractivity contribution in [3.05, 3.63) is 35.6 Å². The Labute approximate surface area is 106 Å². The van der Waals surface area contributed by atoms with Crippen LogP contribution >= 0.6 is 0 Å². The lowest BCUT2D eigenvalue weighted by Crippen LogP contribution is -2.08. The lowest BCUT2D eigenvalue weighted by atomic mass is 10.1. The number of H-pyrrole nitrogens is 1. The minimum Gasteiger partial charge on any atom is -0.368 e. The molecule has 0 radical (unpaired) electrons. The van der Waals surface area contributed by atoms with E-state index >= 15 is 0 Å². The Bertz CT molecular complexity index is 532. The number of hydrogen-bond donors (Lipinski definition) is 2. The van der Waals surface area contributed by atoms with Crippen LogP contribution in [0.1, 0.15) is 19.4 Å². The summed E-state index contributed by atoms with van der Waals surface area (Å²) in [4.78, 5) is 0. The van der Waals surface area contributed by atoms with Crippen LogP contribution in [0, 0.1) is 18.7 Å². The number of aromatic nitrogens is 2. The number of nitrogens with one attached hydrogen (secondary N) is 2. The van der Waals surface area contributed by atoms with Crippen molar-refractivity contribution < 1.29 is 4.39 Å². The van der Waals surface area contributed by atoms with E-state index in [0.29, 0.717) is 11.5 Å². The van der Waals surface area contributed by atoms with Crippen LogP contribution in [0.2, 0.25) is 0 Å². The highest BCUT2D eigenvalue weighted by Gasteiger charge is 2.13. The highest BCUT2D eigenvalue weighted by atomic mass is 19.1. The summed E-state index contributed by atoms with van der Waals surface area (Å²) < 4.78 is 13.7. The third-order valence-electron chi connectivity index (χ3n) is 2.83. The second-order valence-electron chi connectivity index (χ2n) is 4.83. The fourth-order valence-electron chi connectivity index (χ4n) is 1.80. The molecule has 0 fully saturated rings. The Morgan fingerprint density at radius 3 is 2.72 bits per heavy atom. The van der Waals surface area contributed by atoms with Crippen LogP contribution in [-0.4, -0.2) is 16.7 Å². The van der Waals surface area contributed by atoms with E-state index in [0.717, 1.165) is 23.6 Å². The van der Waals surface area contributed by atoms with Gasteiger partial charge in [0.25, 0.3) is 0 Å². The quantitative estimate of drug-likeness (QED) is 0.866. The van der Waals surface area contributed by atoms with E-state index in [4.69, 9.17) is 0 Å². The summed E-state index contributed by atoms with van der Waals surface area (Å²) in [7, 11) is 0. The molecule has 2 N–H and O–H groups in total. The molecule has 0 aliphatic rings. The van der Waals surface area contributed by atoms with Gasteiger partial charge in [-0.25, -0.2) is 4.39 Å². The first kappa shape index (κ1) is 12.6. The molecule has 0 spiro atoms. The number of halogens is 1. The fraction of sp³-hybridized carbons (Fsp3) is 0.357. The second kappa shape index (κ2) is 5.21. The van der Waals surface area contributed by atoms with E-state index in [1.54, 1.807) is 12.1 Å². The van der Waals surface area contributed by atoms with Crippen molar-refractivity contribution in [2.75, 3.05) is 11.9 Å². The van der Waals surface area contributed by atoms with Crippen molar-refractivity contribution in [2.24, 2.45) is 5.92 Å². The summed E-state index contributed by atoms with van der Waals surface area (Å²) in [6.07, 6.45) is 0. The molecule has 3 nitrogen and oxygen atoms in total. The van der Waals surface area contributed by atoms with Crippen molar-refractivity contribution in [3.63, 3.8) is 0 Å². The first-order chi connectivity index (χ1) is 8.59. The molecule has 4 heteroatoms. The third kappa shape index (κ3) is 2.53. The van der Waals surface area contributed by atoms with Gasteiger partial charge in [0, 0.05) is 17.7 Å². The summed E-state index contributed by atoms with van der Waals surface area (Å²) >= 11 is 0. The Morgan fingerprint density at radius 1 is 1.33 bits per heavy atom. The number of rotatable bonds is 4. The first-order valence-corrected chi connectivity index (χ1v) is 6.13. The van der Waals surface area contributed by atoms with Gasteiger partial charge >= 0.3 is 0 Å². The Kier molecular flexibility index (Phi) is 3.65. The minimum absolute atomic E-state index is 0.236. The molecule has 0 atom stereocenters. The molecular formula is C14H18FN3. The molecule has 1 heterocycles. The van der Waals surface area contributed by atoms with Crippen molar-refractivity contribution in [1.29, 1.82) is 0 Å². The molecule has 1 aromatic carbocycles. The van der Waals surface area contributed by atoms with Crippen molar-refractivity contribution in [1.82, 2.24) is 10.2 Å². The molecule has 2 rings (SSSR count). The predicted octanol–water partition coefficient (Wildman–Crippen LogP) is 3.59. The van der Waals surface area contributed by atoms with E-state index in [-0.39, 0.29) is 5.82 Å². The largest absolute Gasteiger partial charge is 0.368 e. The van der Waals surface area contributed by atoms with E-state index in [9.17, 15) is 4.39 Å². The van der Waals surface area contributed by atoms with Gasteiger partial charge in [0.2, 0.25) is 0 Å². The molecule has 0 bridgehead atoms. The summed E-state index contributed by atoms with van der Waals surface area (Å²) in [5, 5.41) is 10.4. The standard InChI is InChI=1S/C14H18FN3/c1-9(2)8-16-14-10(3)13(17-18-14)11-6-4-5-7-12(11)15/h4-7,9H,8H2,1-3H3,(H2,16,17,18). The lowest BCUT2D eigenvalue weighted by molar-refractivity contribution is 0.630. The van der Waals surface area contributed by atoms with Gasteiger partial charge in [0.15, 0.2) is 5.82 Å². The van der Waals surface area contributed by atoms with Gasteiger partial charge in [-0.3, -0.25) is 5.10 Å². The molecule has 0 aliphatic carbocycles. The van der Waals surface area contributed by atoms with Crippen LogP contribution in [0.4, 0.5) is 10.2 Å². The molecule has 1 aromatic heterocycles. The van der Waals surface area contributed by atoms with Crippen molar-refractivity contribution >= 4 is 5.82 Å². The zero-order valence-electron chi connectivity index (χ0n) is 10.9. The highest BCUT2D eigenvalue weighted by molar-refractivity contribution is 5.68. The first-order valence-electron chi connectivity index (χ1n) is 6.13. The van der Waals surface area contributed by atoms with Crippen LogP contribution < -0.4 is 5.32 Å². The van der Waals surface area contributed by atoms with Gasteiger partial charge in [-0.2, -0.15) is 5.10 Å². The number of nitrogens with zero attached hydrogens (tertiary/aromatic N) is 1. The maximum Gasteiger partial charge on any atom is 0.151 e. The van der Waals surface area contributed by atoms with Crippen LogP contribution in [0.25, 0.3) is 11.3 Å². The second-order valence-corrected chi connectivity index (χ2v) is 4.83. The van der Waals surface area contributed by atoms with Crippen LogP contribution in [0.5, 0.6) is 0 Å². The van der Waals surface area contributed by atoms with E-state index < -0.39 is 0 Å². The van der Waals surface area contributed by atoms with Crippen molar-refractivity contribution in [2.45, 2.75) is 20.8 Å². The SMILES string of the molecule is Cc1c(NCC(C)C)n[nH]c1-c1ccccc1F. The smallest absolute Gasteiger partial charge is 0.151 e. The Hall–Kier alpha value is -1.84. The van der Waals surface area contributed by atoms with E-state index in [1.165, 1.54) is 6.07 Å². The summed E-state index contributed by atoms with van der Waals surface area (Å²) in [6, 6.07) is 6.71. The number of benzene rings is 1. The van der Waals surface area contributed by atoms with Crippen LogP contribution in [0.15, 0.2) is 24.3 Å². The zero-order chi connectivity index (χ0) is 13.1. The topological polar surface area (TPSA) is 40.7 Å². The number of anilines is 1. The third-order valence-corrected chi connectivity index (χ3v) is 2.83. The molecule has 0 saturated carbocycles. The average molecular weight is 247 g/mol. The predicted molar refractivity (Wildman–Crippen MR) is 72.0 cm³/mol. The van der Waals surface area contributed by atoms with Gasteiger partial charge in [-0.15, -0.1) is 0 Å². The molecule has 2 aromatic rings. The molecule has 0 saturated heterocycles. The number of aromatic amines is 1. The highest BCUT2D eigenvalue weighted by Crippen LogP contribution is 2.27. The van der Waals surface area contributed by atoms with E-state index in [2.05, 4.69) is 29.4 Å². The van der Waals surface area contributed by atoms with Gasteiger partial charge in [0.05, 0.1) is 5.69 Å². The lowest BCUT2D eigenvalue weighted by Gasteiger charge is -2.07. The van der Waals surface area contributed by atoms with Gasteiger partial charge < -0.3 is 5.32 Å². The van der Waals surface area contributed by atoms with Crippen molar-refractivity contribution in [3.8, 4) is 11.3 Å². The Balaban J connectivity index is 2.28. The maximum absolute atomic E-state index is 13.7. The molecule has 0 amide bonds. The summed E-state index contributed by atoms with van der Waals surface area (Å²) in [5.74, 6) is 1.10. The summed E-state index contributed by atoms with van der Waals surface area (Å²) in [5.41, 5.74) is 2.24. The van der Waals surface area contributed by atoms with Gasteiger partial charge in [-0.1, -0.05) is 26.0 Å². The monoisotopic (exact) mass is 247 g/mol. The minimum atomic E-state index is -0.236. The average Bonchev–Trinajstić information content (AvgIpc) is 2.69. The normalized spacial score (nSPS) is 10.9. The maximum atomic E-state index is 13.7. The van der Waals surface area contributed by atoms with Gasteiger partial charge in [0.1, 0.15) is 5.82 Å². The summed E-state index contributed by atoms with van der Waals surface area (Å²) in [6.45, 7) is 7.05. The molecule has 0 unspecified atom stereocenters. The zero-order valence-corrected chi connectivity index (χ0v) is 10.9. The molecule has 96 valence electrons. The fourth-order valence-corrected chi connectivity index (χ4v) is 1.80. The van der Waals surface area contributed by atoms with Crippen LogP contribution in [0.3, 0.4) is 0 Å².